The summed E-state index contributed by atoms with van der Waals surface area (Å²) >= 11 is 0. The third-order valence-corrected chi connectivity index (χ3v) is 4.66. The summed E-state index contributed by atoms with van der Waals surface area (Å²) in [6, 6.07) is 6.73. The van der Waals surface area contributed by atoms with Crippen molar-refractivity contribution < 1.29 is 13.2 Å². The average molecular weight is 335 g/mol. The number of ether oxygens (including phenoxy) is 1. The molecule has 1 N–H and O–H groups in total. The topological polar surface area (TPSA) is 55.4 Å². The Balaban J connectivity index is 2.73. The number of hydrogen-bond acceptors (Lipinski definition) is 3. The second-order valence-corrected chi connectivity index (χ2v) is 6.94. The van der Waals surface area contributed by atoms with E-state index in [0.29, 0.717) is 13.2 Å². The Kier molecular flexibility index (Phi) is 7.95. The molecule has 0 bridgehead atoms. The molecule has 126 valence electrons. The van der Waals surface area contributed by atoms with Crippen molar-refractivity contribution >= 4 is 10.0 Å². The minimum atomic E-state index is -3.52. The lowest BCUT2D eigenvalue weighted by molar-refractivity contribution is 0.158. The van der Waals surface area contributed by atoms with Crippen LogP contribution in [0.25, 0.3) is 0 Å². The van der Waals surface area contributed by atoms with Crippen molar-refractivity contribution in [2.24, 2.45) is 0 Å². The fourth-order valence-corrected chi connectivity index (χ4v) is 2.78. The molecular formula is C18H25NO3S. The van der Waals surface area contributed by atoms with Crippen LogP contribution in [0.5, 0.6) is 0 Å². The van der Waals surface area contributed by atoms with Crippen LogP contribution < -0.4 is 4.72 Å². The van der Waals surface area contributed by atoms with Crippen molar-refractivity contribution in [2.45, 2.75) is 25.2 Å². The number of hydrogen-bond donors (Lipinski definition) is 1. The molecule has 1 aromatic rings. The zero-order chi connectivity index (χ0) is 17.3. The van der Waals surface area contributed by atoms with Crippen molar-refractivity contribution in [3.05, 3.63) is 66.3 Å². The molecule has 5 heteroatoms. The van der Waals surface area contributed by atoms with E-state index in [1.807, 2.05) is 13.8 Å². The van der Waals surface area contributed by atoms with Gasteiger partial charge in [0.25, 0.3) is 0 Å². The maximum Gasteiger partial charge on any atom is 0.240 e. The highest BCUT2D eigenvalue weighted by Gasteiger charge is 2.12. The summed E-state index contributed by atoms with van der Waals surface area (Å²) in [7, 11) is -3.52. The zero-order valence-electron chi connectivity index (χ0n) is 13.8. The van der Waals surface area contributed by atoms with Crippen LogP contribution in [0.3, 0.4) is 0 Å². The van der Waals surface area contributed by atoms with Gasteiger partial charge in [-0.25, -0.2) is 13.1 Å². The first-order chi connectivity index (χ1) is 10.9. The highest BCUT2D eigenvalue weighted by molar-refractivity contribution is 7.89. The number of rotatable bonds is 10. The minimum Gasteiger partial charge on any atom is -0.377 e. The van der Waals surface area contributed by atoms with Crippen LogP contribution in [0.1, 0.15) is 18.9 Å². The van der Waals surface area contributed by atoms with Crippen molar-refractivity contribution in [2.75, 3.05) is 19.8 Å². The van der Waals surface area contributed by atoms with Crippen LogP contribution in [-0.2, 0) is 14.8 Å². The summed E-state index contributed by atoms with van der Waals surface area (Å²) in [5.74, 6) is 0. The quantitative estimate of drug-likeness (QED) is 0.527. The summed E-state index contributed by atoms with van der Waals surface area (Å²) in [6.07, 6.45) is 4.33. The Labute approximate surface area is 139 Å². The van der Waals surface area contributed by atoms with E-state index in [1.54, 1.807) is 36.4 Å². The van der Waals surface area contributed by atoms with Crippen LogP contribution >= 0.6 is 0 Å². The maximum absolute atomic E-state index is 12.2. The minimum absolute atomic E-state index is 0.174. The smallest absolute Gasteiger partial charge is 0.240 e. The largest absolute Gasteiger partial charge is 0.377 e. The van der Waals surface area contributed by atoms with Gasteiger partial charge in [0, 0.05) is 13.2 Å². The second-order valence-electron chi connectivity index (χ2n) is 5.18. The molecule has 0 atom stereocenters. The first-order valence-electron chi connectivity index (χ1n) is 7.55. The first-order valence-corrected chi connectivity index (χ1v) is 9.04. The molecule has 0 heterocycles. The first kappa shape index (κ1) is 19.4. The maximum atomic E-state index is 12.2. The lowest BCUT2D eigenvalue weighted by Gasteiger charge is -2.10. The predicted molar refractivity (Wildman–Crippen MR) is 94.9 cm³/mol. The molecule has 0 unspecified atom stereocenters. The molecule has 1 aromatic carbocycles. The fraction of sp³-hybridized carbons (Fsp3) is 0.333. The molecule has 0 aromatic heterocycles. The van der Waals surface area contributed by atoms with Crippen molar-refractivity contribution in [1.82, 2.24) is 4.72 Å². The van der Waals surface area contributed by atoms with Gasteiger partial charge < -0.3 is 4.74 Å². The van der Waals surface area contributed by atoms with Gasteiger partial charge in [-0.1, -0.05) is 49.9 Å². The molecule has 23 heavy (non-hydrogen) atoms. The molecule has 4 nitrogen and oxygen atoms in total. The predicted octanol–water partition coefficient (Wildman–Crippen LogP) is 3.37. The summed E-state index contributed by atoms with van der Waals surface area (Å²) in [5, 5.41) is 0. The number of aryl methyl sites for hydroxylation is 1. The normalized spacial score (nSPS) is 12.2. The van der Waals surface area contributed by atoms with E-state index in [-0.39, 0.29) is 11.4 Å². The van der Waals surface area contributed by atoms with Crippen LogP contribution in [-0.4, -0.2) is 28.2 Å². The lowest BCUT2D eigenvalue weighted by atomic mass is 10.1. The molecule has 0 radical (unpaired) electrons. The number of nitrogens with one attached hydrogen (secondary N) is 1. The summed E-state index contributed by atoms with van der Waals surface area (Å²) in [6.45, 7) is 12.7. The van der Waals surface area contributed by atoms with Crippen molar-refractivity contribution in [3.8, 4) is 0 Å². The van der Waals surface area contributed by atoms with Gasteiger partial charge in [-0.2, -0.15) is 0 Å². The van der Waals surface area contributed by atoms with Crippen LogP contribution in [0, 0.1) is 6.92 Å². The van der Waals surface area contributed by atoms with Crippen LogP contribution in [0.2, 0.25) is 0 Å². The number of sulfonamides is 1. The van der Waals surface area contributed by atoms with Gasteiger partial charge in [0.05, 0.1) is 11.5 Å². The fourth-order valence-electron chi connectivity index (χ4n) is 1.82. The highest BCUT2D eigenvalue weighted by atomic mass is 32.2. The Bertz CT molecular complexity index is 658. The summed E-state index contributed by atoms with van der Waals surface area (Å²) in [5.41, 5.74) is 2.58. The van der Waals surface area contributed by atoms with Gasteiger partial charge in [-0.15, -0.1) is 0 Å². The summed E-state index contributed by atoms with van der Waals surface area (Å²) in [4.78, 5) is 0.253. The van der Waals surface area contributed by atoms with E-state index in [2.05, 4.69) is 17.9 Å². The van der Waals surface area contributed by atoms with E-state index in [4.69, 9.17) is 4.74 Å². The molecule has 0 saturated heterocycles. The molecule has 0 aliphatic carbocycles. The van der Waals surface area contributed by atoms with E-state index in [9.17, 15) is 8.42 Å². The molecule has 0 saturated carbocycles. The van der Waals surface area contributed by atoms with Crippen LogP contribution in [0.4, 0.5) is 0 Å². The van der Waals surface area contributed by atoms with E-state index >= 15 is 0 Å². The van der Waals surface area contributed by atoms with Crippen molar-refractivity contribution in [3.63, 3.8) is 0 Å². The zero-order valence-corrected chi connectivity index (χ0v) is 14.7. The molecule has 0 aliphatic rings. The second kappa shape index (κ2) is 9.45. The average Bonchev–Trinajstić information content (AvgIpc) is 2.53. The van der Waals surface area contributed by atoms with E-state index < -0.39 is 10.0 Å². The van der Waals surface area contributed by atoms with Gasteiger partial charge in [0.15, 0.2) is 0 Å². The lowest BCUT2D eigenvalue weighted by Crippen LogP contribution is -2.24. The number of allylic oxidation sites excluding steroid dienone is 1. The molecule has 1 rings (SSSR count). The Morgan fingerprint density at radius 3 is 2.52 bits per heavy atom. The van der Waals surface area contributed by atoms with Gasteiger partial charge in [-0.3, -0.25) is 0 Å². The van der Waals surface area contributed by atoms with Gasteiger partial charge in [0.2, 0.25) is 10.0 Å². The Morgan fingerprint density at radius 2 is 1.96 bits per heavy atom. The van der Waals surface area contributed by atoms with Crippen molar-refractivity contribution in [1.29, 1.82) is 0 Å². The molecule has 0 amide bonds. The molecule has 0 fully saturated rings. The molecular weight excluding hydrogens is 310 g/mol. The van der Waals surface area contributed by atoms with Gasteiger partial charge in [0.1, 0.15) is 0 Å². The van der Waals surface area contributed by atoms with E-state index in [1.165, 1.54) is 0 Å². The monoisotopic (exact) mass is 335 g/mol. The third kappa shape index (κ3) is 6.52. The summed E-state index contributed by atoms with van der Waals surface area (Å²) < 4.78 is 32.5. The highest BCUT2D eigenvalue weighted by Crippen LogP contribution is 2.11. The Morgan fingerprint density at radius 1 is 1.30 bits per heavy atom. The SMILES string of the molecule is C=CC(=C)/C(=C\CNS(=O)(=O)c1ccc(C)cc1)COCCC. The standard InChI is InChI=1S/C18H25NO3S/c1-5-13-22-14-17(16(4)6-2)11-12-19-23(20,21)18-9-7-15(3)8-10-18/h6-11,19H,2,4-5,12-14H2,1,3H3/b17-11-. The van der Waals surface area contributed by atoms with E-state index in [0.717, 1.165) is 23.1 Å². The Hall–Kier alpha value is -1.69. The molecule has 0 spiro atoms. The van der Waals surface area contributed by atoms with Gasteiger partial charge >= 0.3 is 0 Å². The van der Waals surface area contributed by atoms with Gasteiger partial charge in [-0.05, 0) is 36.6 Å². The van der Waals surface area contributed by atoms with Crippen LogP contribution in [0.15, 0.2) is 65.6 Å². The molecule has 0 aliphatic heterocycles. The number of benzene rings is 1. The third-order valence-electron chi connectivity index (χ3n) is 3.22.